The van der Waals surface area contributed by atoms with E-state index in [4.69, 9.17) is 5.73 Å². The van der Waals surface area contributed by atoms with Gasteiger partial charge in [0, 0.05) is 17.8 Å². The van der Waals surface area contributed by atoms with E-state index in [2.05, 4.69) is 4.98 Å². The van der Waals surface area contributed by atoms with Crippen molar-refractivity contribution in [3.05, 3.63) is 68.3 Å². The summed E-state index contributed by atoms with van der Waals surface area (Å²) in [4.78, 5) is 39.6. The van der Waals surface area contributed by atoms with Crippen molar-refractivity contribution >= 4 is 28.1 Å². The summed E-state index contributed by atoms with van der Waals surface area (Å²) < 4.78 is 1.18. The Labute approximate surface area is 127 Å². The van der Waals surface area contributed by atoms with Crippen LogP contribution in [0, 0.1) is 10.1 Å². The smallest absolute Gasteiger partial charge is 0.270 e. The lowest BCUT2D eigenvalue weighted by Crippen LogP contribution is -2.21. The molecule has 3 aromatic rings. The summed E-state index contributed by atoms with van der Waals surface area (Å²) in [5.74, 6) is -0.589. The second kappa shape index (κ2) is 4.23. The van der Waals surface area contributed by atoms with Gasteiger partial charge in [-0.1, -0.05) is 0 Å². The minimum Gasteiger partial charge on any atom is -0.399 e. The number of benzene rings is 2. The van der Waals surface area contributed by atoms with Gasteiger partial charge < -0.3 is 5.73 Å². The van der Waals surface area contributed by atoms with Gasteiger partial charge in [-0.2, -0.15) is 0 Å². The summed E-state index contributed by atoms with van der Waals surface area (Å²) in [5, 5.41) is 11.2. The van der Waals surface area contributed by atoms with Crippen molar-refractivity contribution in [2.75, 3.05) is 5.73 Å². The first kappa shape index (κ1) is 13.1. The Hall–Kier alpha value is -3.55. The summed E-state index contributed by atoms with van der Waals surface area (Å²) in [5.41, 5.74) is 6.18. The molecule has 0 amide bonds. The van der Waals surface area contributed by atoms with Crippen molar-refractivity contribution in [2.45, 2.75) is 0 Å². The number of carbonyl (C=O) groups excluding carboxylic acids is 1. The van der Waals surface area contributed by atoms with Gasteiger partial charge >= 0.3 is 0 Å². The van der Waals surface area contributed by atoms with Gasteiger partial charge in [0.15, 0.2) is 5.82 Å². The van der Waals surface area contributed by atoms with E-state index in [0.29, 0.717) is 22.3 Å². The van der Waals surface area contributed by atoms with Crippen molar-refractivity contribution < 1.29 is 9.72 Å². The van der Waals surface area contributed by atoms with Crippen LogP contribution in [0.2, 0.25) is 0 Å². The van der Waals surface area contributed by atoms with Gasteiger partial charge in [-0.15, -0.1) is 0 Å². The van der Waals surface area contributed by atoms with E-state index in [1.54, 1.807) is 12.1 Å². The van der Waals surface area contributed by atoms with E-state index in [1.165, 1.54) is 22.8 Å². The summed E-state index contributed by atoms with van der Waals surface area (Å²) >= 11 is 0. The van der Waals surface area contributed by atoms with Crippen molar-refractivity contribution in [1.82, 2.24) is 9.55 Å². The second-order valence-electron chi connectivity index (χ2n) is 5.14. The molecule has 1 aromatic heterocycles. The molecule has 2 N–H and O–H groups in total. The Bertz CT molecular complexity index is 1100. The highest BCUT2D eigenvalue weighted by Crippen LogP contribution is 2.29. The number of fused-ring (bicyclic) bond motifs is 4. The number of nitrogen functional groups attached to an aromatic ring is 1. The Kier molecular flexibility index (Phi) is 2.42. The molecule has 0 saturated heterocycles. The Morgan fingerprint density at radius 1 is 1.13 bits per heavy atom. The number of nitrogens with two attached hydrogens (primary N) is 1. The molecule has 2 aromatic carbocycles. The molecule has 8 heteroatoms. The van der Waals surface area contributed by atoms with Gasteiger partial charge in [-0.3, -0.25) is 24.3 Å². The summed E-state index contributed by atoms with van der Waals surface area (Å²) in [7, 11) is 0. The van der Waals surface area contributed by atoms with Gasteiger partial charge in [-0.05, 0) is 24.3 Å². The number of hydrogen-bond donors (Lipinski definition) is 1. The van der Waals surface area contributed by atoms with Crippen LogP contribution in [-0.4, -0.2) is 20.3 Å². The SMILES string of the molecule is Nc1ccc2c(=O)n3c(nc2c1)C(=O)c1cc([N+](=O)[O-])ccc1-3. The zero-order valence-electron chi connectivity index (χ0n) is 11.5. The van der Waals surface area contributed by atoms with E-state index in [-0.39, 0.29) is 17.1 Å². The lowest BCUT2D eigenvalue weighted by Gasteiger charge is -2.05. The average Bonchev–Trinajstić information content (AvgIpc) is 2.80. The maximum atomic E-state index is 12.7. The number of carbonyl (C=O) groups is 1. The standard InChI is InChI=1S/C15H8N4O4/c16-7-1-3-9-11(5-7)17-14-13(20)10-6-8(19(22)23)2-4-12(10)18(14)15(9)21/h1-6H,16H2. The Morgan fingerprint density at radius 3 is 2.65 bits per heavy atom. The first-order valence-corrected chi connectivity index (χ1v) is 6.63. The third kappa shape index (κ3) is 1.68. The van der Waals surface area contributed by atoms with Crippen LogP contribution in [0.3, 0.4) is 0 Å². The van der Waals surface area contributed by atoms with E-state index in [0.717, 1.165) is 6.07 Å². The van der Waals surface area contributed by atoms with E-state index < -0.39 is 16.3 Å². The highest BCUT2D eigenvalue weighted by atomic mass is 16.6. The highest BCUT2D eigenvalue weighted by Gasteiger charge is 2.31. The normalized spacial score (nSPS) is 12.3. The van der Waals surface area contributed by atoms with Crippen molar-refractivity contribution in [3.63, 3.8) is 0 Å². The first-order chi connectivity index (χ1) is 11.0. The zero-order chi connectivity index (χ0) is 16.3. The number of ketones is 1. The van der Waals surface area contributed by atoms with E-state index in [1.807, 2.05) is 0 Å². The number of nitrogens with zero attached hydrogens (tertiary/aromatic N) is 3. The third-order valence-corrected chi connectivity index (χ3v) is 3.77. The summed E-state index contributed by atoms with van der Waals surface area (Å²) in [6, 6.07) is 8.42. The number of nitro groups is 1. The summed E-state index contributed by atoms with van der Waals surface area (Å²) in [6.45, 7) is 0. The molecule has 4 rings (SSSR count). The topological polar surface area (TPSA) is 121 Å². The Morgan fingerprint density at radius 2 is 1.91 bits per heavy atom. The number of non-ortho nitro benzene ring substituents is 1. The van der Waals surface area contributed by atoms with Gasteiger partial charge in [0.25, 0.3) is 11.2 Å². The number of hydrogen-bond acceptors (Lipinski definition) is 6. The molecule has 0 saturated carbocycles. The van der Waals surface area contributed by atoms with Gasteiger partial charge in [0.1, 0.15) is 0 Å². The predicted molar refractivity (Wildman–Crippen MR) is 81.8 cm³/mol. The molecule has 0 aliphatic carbocycles. The fourth-order valence-corrected chi connectivity index (χ4v) is 2.71. The largest absolute Gasteiger partial charge is 0.399 e. The quantitative estimate of drug-likeness (QED) is 0.322. The van der Waals surface area contributed by atoms with E-state index >= 15 is 0 Å². The monoisotopic (exact) mass is 308 g/mol. The minimum atomic E-state index is -0.593. The maximum absolute atomic E-state index is 12.7. The van der Waals surface area contributed by atoms with E-state index in [9.17, 15) is 19.7 Å². The van der Waals surface area contributed by atoms with Crippen LogP contribution >= 0.6 is 0 Å². The van der Waals surface area contributed by atoms with Gasteiger partial charge in [0.05, 0.1) is 27.1 Å². The fraction of sp³-hybridized carbons (Fsp3) is 0. The highest BCUT2D eigenvalue weighted by molar-refractivity contribution is 6.13. The lowest BCUT2D eigenvalue weighted by atomic mass is 10.1. The minimum absolute atomic E-state index is 0.0661. The van der Waals surface area contributed by atoms with Crippen LogP contribution < -0.4 is 11.3 Å². The number of aromatic nitrogens is 2. The van der Waals surface area contributed by atoms with Crippen LogP contribution in [0.1, 0.15) is 16.2 Å². The summed E-state index contributed by atoms with van der Waals surface area (Å²) in [6.07, 6.45) is 0. The molecule has 0 radical (unpaired) electrons. The van der Waals surface area contributed by atoms with Crippen LogP contribution in [0.25, 0.3) is 16.6 Å². The van der Waals surface area contributed by atoms with Gasteiger partial charge in [0.2, 0.25) is 5.78 Å². The number of rotatable bonds is 1. The van der Waals surface area contributed by atoms with Crippen molar-refractivity contribution in [3.8, 4) is 5.69 Å². The van der Waals surface area contributed by atoms with Crippen LogP contribution in [0.4, 0.5) is 11.4 Å². The molecule has 1 aliphatic rings. The fourth-order valence-electron chi connectivity index (χ4n) is 2.71. The van der Waals surface area contributed by atoms with Gasteiger partial charge in [-0.25, -0.2) is 4.98 Å². The Balaban J connectivity index is 2.09. The molecule has 2 heterocycles. The zero-order valence-corrected chi connectivity index (χ0v) is 11.5. The third-order valence-electron chi connectivity index (χ3n) is 3.77. The molecule has 0 atom stereocenters. The molecule has 112 valence electrons. The second-order valence-corrected chi connectivity index (χ2v) is 5.14. The van der Waals surface area contributed by atoms with Crippen molar-refractivity contribution in [1.29, 1.82) is 0 Å². The van der Waals surface area contributed by atoms with Crippen LogP contribution in [-0.2, 0) is 0 Å². The molecule has 23 heavy (non-hydrogen) atoms. The number of anilines is 1. The predicted octanol–water partition coefficient (Wildman–Crippen LogP) is 1.42. The molecule has 8 nitrogen and oxygen atoms in total. The average molecular weight is 308 g/mol. The first-order valence-electron chi connectivity index (χ1n) is 6.63. The van der Waals surface area contributed by atoms with Crippen molar-refractivity contribution in [2.24, 2.45) is 0 Å². The molecule has 1 aliphatic heterocycles. The molecule has 0 spiro atoms. The maximum Gasteiger partial charge on any atom is 0.270 e. The number of nitro benzene ring substituents is 1. The van der Waals surface area contributed by atoms with Crippen LogP contribution in [0.15, 0.2) is 41.2 Å². The molecular weight excluding hydrogens is 300 g/mol. The molecule has 0 fully saturated rings. The molecular formula is C15H8N4O4. The molecule has 0 unspecified atom stereocenters. The van der Waals surface area contributed by atoms with Crippen LogP contribution in [0.5, 0.6) is 0 Å². The molecule has 0 bridgehead atoms. The lowest BCUT2D eigenvalue weighted by molar-refractivity contribution is -0.384.